The average Bonchev–Trinajstić information content (AvgIpc) is 3.23. The van der Waals surface area contributed by atoms with E-state index in [1.54, 1.807) is 19.2 Å². The second-order valence-electron chi connectivity index (χ2n) is 8.73. The molecule has 0 spiro atoms. The summed E-state index contributed by atoms with van der Waals surface area (Å²) in [5, 5.41) is 11.3. The number of aromatic nitrogens is 3. The minimum atomic E-state index is -0.596. The van der Waals surface area contributed by atoms with E-state index in [0.717, 1.165) is 6.07 Å². The highest BCUT2D eigenvalue weighted by atomic mass is 35.5. The summed E-state index contributed by atoms with van der Waals surface area (Å²) in [4.78, 5) is 16.6. The maximum Gasteiger partial charge on any atom is 0.258 e. The Morgan fingerprint density at radius 1 is 1.21 bits per heavy atom. The second-order valence-corrected chi connectivity index (χ2v) is 9.14. The molecule has 0 aliphatic heterocycles. The fourth-order valence-electron chi connectivity index (χ4n) is 4.65. The number of aryl methyl sites for hydroxylation is 1. The molecule has 0 radical (unpaired) electrons. The van der Waals surface area contributed by atoms with E-state index < -0.39 is 5.82 Å². The van der Waals surface area contributed by atoms with Crippen LogP contribution in [0, 0.1) is 12.7 Å². The van der Waals surface area contributed by atoms with Crippen LogP contribution in [0.5, 0.6) is 17.4 Å². The van der Waals surface area contributed by atoms with Gasteiger partial charge in [0.1, 0.15) is 17.3 Å². The summed E-state index contributed by atoms with van der Waals surface area (Å²) in [5.41, 5.74) is 0.195. The van der Waals surface area contributed by atoms with Crippen molar-refractivity contribution in [3.05, 3.63) is 58.6 Å². The number of halogens is 2. The first-order valence-electron chi connectivity index (χ1n) is 10.7. The number of nitrogens with one attached hydrogen (secondary N) is 1. The van der Waals surface area contributed by atoms with E-state index in [9.17, 15) is 9.18 Å². The van der Waals surface area contributed by atoms with Crippen LogP contribution in [0.2, 0.25) is 5.02 Å². The van der Waals surface area contributed by atoms with Crippen LogP contribution in [0.4, 0.5) is 4.39 Å². The lowest BCUT2D eigenvalue weighted by molar-refractivity contribution is -0.143. The van der Waals surface area contributed by atoms with Crippen LogP contribution in [0.15, 0.2) is 34.7 Å². The van der Waals surface area contributed by atoms with E-state index in [1.165, 1.54) is 12.1 Å². The molecule has 3 aromatic rings. The summed E-state index contributed by atoms with van der Waals surface area (Å²) in [5.74, 6) is 1.42. The van der Waals surface area contributed by atoms with Crippen molar-refractivity contribution in [2.45, 2.75) is 43.7 Å². The van der Waals surface area contributed by atoms with Gasteiger partial charge in [-0.15, -0.1) is 10.2 Å². The zero-order valence-electron chi connectivity index (χ0n) is 18.6. The Labute approximate surface area is 199 Å². The molecule has 3 aliphatic carbocycles. The maximum absolute atomic E-state index is 13.5. The smallest absolute Gasteiger partial charge is 0.258 e. The van der Waals surface area contributed by atoms with E-state index in [2.05, 4.69) is 20.5 Å². The zero-order chi connectivity index (χ0) is 23.9. The third kappa shape index (κ3) is 4.13. The normalized spacial score (nSPS) is 22.4. The van der Waals surface area contributed by atoms with Gasteiger partial charge in [-0.1, -0.05) is 11.6 Å². The number of nitrogens with zero attached hydrogens (tertiary/aromatic N) is 3. The SMILES string of the molecule is COc1ccc(OCc2nnc(C34CC(NC(=O)COc5ccc(Cl)c(F)c5)(C3)C4)o2)c(C)n1. The van der Waals surface area contributed by atoms with Crippen molar-refractivity contribution in [2.75, 3.05) is 13.7 Å². The van der Waals surface area contributed by atoms with E-state index in [4.69, 9.17) is 30.2 Å². The van der Waals surface area contributed by atoms with Crippen molar-refractivity contribution in [1.82, 2.24) is 20.5 Å². The van der Waals surface area contributed by atoms with Gasteiger partial charge in [-0.25, -0.2) is 9.37 Å². The molecule has 0 unspecified atom stereocenters. The quantitative estimate of drug-likeness (QED) is 0.487. The van der Waals surface area contributed by atoms with Gasteiger partial charge >= 0.3 is 0 Å². The number of amides is 1. The van der Waals surface area contributed by atoms with E-state index in [0.29, 0.717) is 48.4 Å². The number of ether oxygens (including phenoxy) is 3. The monoisotopic (exact) mass is 488 g/mol. The molecule has 0 atom stereocenters. The standard InChI is InChI=1S/C23H22ClFN4O5/c1-13-17(5-6-19(26-13)31-2)33-9-20-28-29-21(34-20)22-10-23(11-22,12-22)27-18(30)8-32-14-3-4-15(24)16(25)7-14/h3-7H,8-12H2,1-2H3,(H,27,30). The lowest BCUT2D eigenvalue weighted by atomic mass is 9.39. The van der Waals surface area contributed by atoms with Gasteiger partial charge in [-0.3, -0.25) is 4.79 Å². The van der Waals surface area contributed by atoms with Gasteiger partial charge in [0.15, 0.2) is 13.2 Å². The fraction of sp³-hybridized carbons (Fsp3) is 0.391. The number of carbonyl (C=O) groups excluding carboxylic acids is 1. The highest BCUT2D eigenvalue weighted by molar-refractivity contribution is 6.30. The van der Waals surface area contributed by atoms with Gasteiger partial charge in [-0.05, 0) is 44.4 Å². The van der Waals surface area contributed by atoms with Crippen molar-refractivity contribution in [3.63, 3.8) is 0 Å². The molecule has 1 aromatic carbocycles. The number of methoxy groups -OCH3 is 1. The molecule has 3 saturated carbocycles. The summed E-state index contributed by atoms with van der Waals surface area (Å²) < 4.78 is 35.5. The summed E-state index contributed by atoms with van der Waals surface area (Å²) in [6.45, 7) is 1.74. The lowest BCUT2D eigenvalue weighted by Crippen LogP contribution is -2.77. The summed E-state index contributed by atoms with van der Waals surface area (Å²) in [7, 11) is 1.56. The lowest BCUT2D eigenvalue weighted by Gasteiger charge is -2.68. The van der Waals surface area contributed by atoms with Gasteiger partial charge in [0.2, 0.25) is 11.8 Å². The summed E-state index contributed by atoms with van der Waals surface area (Å²) >= 11 is 5.65. The molecule has 1 N–H and O–H groups in total. The maximum atomic E-state index is 13.5. The van der Waals surface area contributed by atoms with Gasteiger partial charge in [-0.2, -0.15) is 0 Å². The van der Waals surface area contributed by atoms with Crippen molar-refractivity contribution < 1.29 is 27.8 Å². The van der Waals surface area contributed by atoms with Crippen molar-refractivity contribution in [1.29, 1.82) is 0 Å². The first-order valence-corrected chi connectivity index (χ1v) is 11.0. The van der Waals surface area contributed by atoms with Crippen molar-refractivity contribution in [2.24, 2.45) is 0 Å². The Kier molecular flexibility index (Phi) is 5.55. The third-order valence-electron chi connectivity index (χ3n) is 6.19. The van der Waals surface area contributed by atoms with Gasteiger partial charge in [0, 0.05) is 17.7 Å². The second kappa shape index (κ2) is 8.43. The molecule has 3 aliphatic rings. The Hall–Kier alpha value is -3.40. The molecule has 11 heteroatoms. The van der Waals surface area contributed by atoms with Gasteiger partial charge in [0.25, 0.3) is 11.8 Å². The van der Waals surface area contributed by atoms with Crippen LogP contribution >= 0.6 is 11.6 Å². The Morgan fingerprint density at radius 2 is 2.00 bits per heavy atom. The summed E-state index contributed by atoms with van der Waals surface area (Å²) in [6, 6.07) is 7.54. The van der Waals surface area contributed by atoms with E-state index >= 15 is 0 Å². The molecule has 178 valence electrons. The highest BCUT2D eigenvalue weighted by Crippen LogP contribution is 2.67. The number of hydrogen-bond acceptors (Lipinski definition) is 8. The molecule has 34 heavy (non-hydrogen) atoms. The molecular weight excluding hydrogens is 467 g/mol. The number of benzene rings is 1. The van der Waals surface area contributed by atoms with Crippen LogP contribution in [0.25, 0.3) is 0 Å². The largest absolute Gasteiger partial charge is 0.484 e. The topological polar surface area (TPSA) is 109 Å². The first kappa shape index (κ1) is 22.4. The molecule has 2 heterocycles. The minimum Gasteiger partial charge on any atom is -0.484 e. The van der Waals surface area contributed by atoms with Gasteiger partial charge < -0.3 is 23.9 Å². The van der Waals surface area contributed by atoms with Crippen LogP contribution in [0.3, 0.4) is 0 Å². The molecule has 2 bridgehead atoms. The number of pyridine rings is 1. The molecule has 0 saturated heterocycles. The summed E-state index contributed by atoms with van der Waals surface area (Å²) in [6.07, 6.45) is 2.14. The Morgan fingerprint density at radius 3 is 2.71 bits per heavy atom. The number of rotatable bonds is 9. The molecule has 2 aromatic heterocycles. The average molecular weight is 489 g/mol. The molecule has 3 fully saturated rings. The predicted molar refractivity (Wildman–Crippen MR) is 117 cm³/mol. The Balaban J connectivity index is 1.10. The van der Waals surface area contributed by atoms with E-state index in [-0.39, 0.29) is 40.8 Å². The molecule has 6 rings (SSSR count). The van der Waals surface area contributed by atoms with Crippen LogP contribution in [0.1, 0.15) is 36.7 Å². The minimum absolute atomic E-state index is 0.000402. The predicted octanol–water partition coefficient (Wildman–Crippen LogP) is 3.52. The fourth-order valence-corrected chi connectivity index (χ4v) is 4.77. The highest BCUT2D eigenvalue weighted by Gasteiger charge is 2.71. The number of carbonyl (C=O) groups is 1. The molecule has 1 amide bonds. The first-order chi connectivity index (χ1) is 16.3. The van der Waals surface area contributed by atoms with Crippen LogP contribution in [-0.2, 0) is 16.8 Å². The zero-order valence-corrected chi connectivity index (χ0v) is 19.3. The number of hydrogen-bond donors (Lipinski definition) is 1. The van der Waals surface area contributed by atoms with Crippen molar-refractivity contribution in [3.8, 4) is 17.4 Å². The van der Waals surface area contributed by atoms with Crippen LogP contribution in [-0.4, -0.2) is 40.3 Å². The van der Waals surface area contributed by atoms with Gasteiger partial charge in [0.05, 0.1) is 23.2 Å². The van der Waals surface area contributed by atoms with Crippen molar-refractivity contribution >= 4 is 17.5 Å². The van der Waals surface area contributed by atoms with Crippen LogP contribution < -0.4 is 19.5 Å². The third-order valence-corrected chi connectivity index (χ3v) is 6.50. The van der Waals surface area contributed by atoms with E-state index in [1.807, 2.05) is 6.92 Å². The molecular formula is C23H22ClFN4O5. The Bertz CT molecular complexity index is 1230. The molecule has 9 nitrogen and oxygen atoms in total.